The van der Waals surface area contributed by atoms with E-state index in [0.29, 0.717) is 34.8 Å². The van der Waals surface area contributed by atoms with Gasteiger partial charge in [-0.2, -0.15) is 0 Å². The lowest BCUT2D eigenvalue weighted by Crippen LogP contribution is -2.44. The second-order valence-electron chi connectivity index (χ2n) is 8.20. The maximum Gasteiger partial charge on any atom is 0.115 e. The van der Waals surface area contributed by atoms with Crippen molar-refractivity contribution >= 4 is 0 Å². The molecule has 2 N–H and O–H groups in total. The summed E-state index contributed by atoms with van der Waals surface area (Å²) in [5.74, 6) is 3.08. The van der Waals surface area contributed by atoms with Crippen molar-refractivity contribution in [1.82, 2.24) is 0 Å². The number of phenolic OH excluding ortho intramolecular Hbond substituents is 1. The van der Waals surface area contributed by atoms with E-state index in [0.717, 1.165) is 19.3 Å². The number of hydrogen-bond donors (Lipinski definition) is 2. The van der Waals surface area contributed by atoms with Crippen molar-refractivity contribution < 1.29 is 10.2 Å². The Labute approximate surface area is 133 Å². The Morgan fingerprint density at radius 2 is 2.14 bits per heavy atom. The van der Waals surface area contributed by atoms with Crippen molar-refractivity contribution in [3.05, 3.63) is 29.3 Å². The van der Waals surface area contributed by atoms with Crippen LogP contribution in [0.25, 0.3) is 0 Å². The van der Waals surface area contributed by atoms with Gasteiger partial charge in [-0.25, -0.2) is 0 Å². The van der Waals surface area contributed by atoms with Crippen LogP contribution in [-0.2, 0) is 6.42 Å². The molecule has 3 aliphatic carbocycles. The monoisotopic (exact) mass is 300 g/mol. The normalized spacial score (nSPS) is 43.3. The molecule has 0 unspecified atom stereocenters. The number of phenols is 1. The molecule has 1 aromatic carbocycles. The molecule has 4 rings (SSSR count). The smallest absolute Gasteiger partial charge is 0.115 e. The summed E-state index contributed by atoms with van der Waals surface area (Å²) in [4.78, 5) is 0. The molecule has 0 bridgehead atoms. The Bertz CT molecular complexity index is 581. The van der Waals surface area contributed by atoms with E-state index < -0.39 is 0 Å². The van der Waals surface area contributed by atoms with E-state index in [4.69, 9.17) is 0 Å². The molecule has 3 aliphatic rings. The number of aliphatic hydroxyl groups excluding tert-OH is 1. The van der Waals surface area contributed by atoms with Crippen molar-refractivity contribution in [3.8, 4) is 5.75 Å². The first-order valence-corrected chi connectivity index (χ1v) is 9.04. The topological polar surface area (TPSA) is 40.5 Å². The first kappa shape index (κ1) is 14.6. The van der Waals surface area contributed by atoms with Gasteiger partial charge in [0.25, 0.3) is 0 Å². The Morgan fingerprint density at radius 3 is 2.91 bits per heavy atom. The Morgan fingerprint density at radius 1 is 1.32 bits per heavy atom. The third-order valence-electron chi connectivity index (χ3n) is 7.27. The Hall–Kier alpha value is -1.02. The zero-order valence-corrected chi connectivity index (χ0v) is 13.8. The van der Waals surface area contributed by atoms with Gasteiger partial charge in [-0.05, 0) is 84.5 Å². The number of aromatic hydroxyl groups is 1. The number of rotatable bonds is 1. The summed E-state index contributed by atoms with van der Waals surface area (Å²) >= 11 is 0. The predicted octanol–water partition coefficient (Wildman–Crippen LogP) is 4.25. The number of benzene rings is 1. The van der Waals surface area contributed by atoms with Crippen molar-refractivity contribution in [1.29, 1.82) is 0 Å². The third-order valence-corrected chi connectivity index (χ3v) is 7.27. The lowest BCUT2D eigenvalue weighted by Gasteiger charge is -2.52. The highest BCUT2D eigenvalue weighted by atomic mass is 16.3. The Kier molecular flexibility index (Phi) is 3.30. The van der Waals surface area contributed by atoms with Crippen LogP contribution in [0, 0.1) is 23.2 Å². The van der Waals surface area contributed by atoms with E-state index in [9.17, 15) is 10.2 Å². The second-order valence-corrected chi connectivity index (χ2v) is 8.20. The molecule has 120 valence electrons. The molecule has 0 aromatic heterocycles. The van der Waals surface area contributed by atoms with E-state index >= 15 is 0 Å². The second kappa shape index (κ2) is 4.99. The first-order valence-electron chi connectivity index (χ1n) is 9.04. The standard InChI is InChI=1S/C20H28O2/c1-3-20-7-6-17-16-5-4-14(21)9-13(16)8-12(2)19(17)18(20)10-15(22)11-20/h4-5,9,12,15,17-19,21-22H,3,6-8,10-11H2,1-2H3/t12-,15-,17-,18+,19-,20-/m1/s1. The van der Waals surface area contributed by atoms with Crippen LogP contribution >= 0.6 is 0 Å². The van der Waals surface area contributed by atoms with Gasteiger partial charge in [0.15, 0.2) is 0 Å². The van der Waals surface area contributed by atoms with E-state index in [-0.39, 0.29) is 6.10 Å². The number of fused-ring (bicyclic) bond motifs is 5. The number of hydrogen-bond acceptors (Lipinski definition) is 2. The van der Waals surface area contributed by atoms with Gasteiger partial charge in [-0.3, -0.25) is 0 Å². The van der Waals surface area contributed by atoms with Crippen LogP contribution in [-0.4, -0.2) is 16.3 Å². The van der Waals surface area contributed by atoms with Gasteiger partial charge in [0.1, 0.15) is 5.75 Å². The lowest BCUT2D eigenvalue weighted by atomic mass is 9.52. The predicted molar refractivity (Wildman–Crippen MR) is 87.9 cm³/mol. The highest BCUT2D eigenvalue weighted by Gasteiger charge is 2.55. The van der Waals surface area contributed by atoms with Crippen LogP contribution in [0.1, 0.15) is 63.0 Å². The molecule has 22 heavy (non-hydrogen) atoms. The van der Waals surface area contributed by atoms with Gasteiger partial charge in [0, 0.05) is 0 Å². The summed E-state index contributed by atoms with van der Waals surface area (Å²) in [6.45, 7) is 4.71. The third kappa shape index (κ3) is 1.96. The molecule has 2 heteroatoms. The fraction of sp³-hybridized carbons (Fsp3) is 0.700. The fourth-order valence-corrected chi connectivity index (χ4v) is 6.37. The van der Waals surface area contributed by atoms with Gasteiger partial charge < -0.3 is 10.2 Å². The number of aliphatic hydroxyl groups is 1. The highest BCUT2D eigenvalue weighted by Crippen LogP contribution is 2.63. The summed E-state index contributed by atoms with van der Waals surface area (Å²) in [5.41, 5.74) is 3.23. The molecule has 0 radical (unpaired) electrons. The van der Waals surface area contributed by atoms with Crippen LogP contribution in [0.2, 0.25) is 0 Å². The van der Waals surface area contributed by atoms with Crippen LogP contribution in [0.5, 0.6) is 5.75 Å². The zero-order chi connectivity index (χ0) is 15.5. The minimum Gasteiger partial charge on any atom is -0.508 e. The Balaban J connectivity index is 1.75. The molecule has 0 amide bonds. The molecule has 0 saturated heterocycles. The molecular weight excluding hydrogens is 272 g/mol. The summed E-state index contributed by atoms with van der Waals surface area (Å²) in [6, 6.07) is 6.00. The largest absolute Gasteiger partial charge is 0.508 e. The van der Waals surface area contributed by atoms with E-state index in [2.05, 4.69) is 19.9 Å². The fourth-order valence-electron chi connectivity index (χ4n) is 6.37. The van der Waals surface area contributed by atoms with Crippen LogP contribution in [0.15, 0.2) is 18.2 Å². The SMILES string of the molecule is CC[C@]12CC[C@@H]3c4ccc(O)cc4C[C@@H](C)[C@H]3[C@@H]1C[C@@H](O)C2. The van der Waals surface area contributed by atoms with Gasteiger partial charge in [0.2, 0.25) is 0 Å². The van der Waals surface area contributed by atoms with Gasteiger partial charge in [-0.1, -0.05) is 26.3 Å². The molecule has 0 spiro atoms. The molecule has 6 atom stereocenters. The van der Waals surface area contributed by atoms with Gasteiger partial charge in [0.05, 0.1) is 6.10 Å². The summed E-state index contributed by atoms with van der Waals surface area (Å²) in [5, 5.41) is 20.1. The summed E-state index contributed by atoms with van der Waals surface area (Å²) in [7, 11) is 0. The summed E-state index contributed by atoms with van der Waals surface area (Å²) in [6.07, 6.45) is 6.75. The van der Waals surface area contributed by atoms with Crippen molar-refractivity contribution in [2.45, 2.75) is 64.4 Å². The molecule has 0 aliphatic heterocycles. The first-order chi connectivity index (χ1) is 10.5. The quantitative estimate of drug-likeness (QED) is 0.814. The molecule has 2 fully saturated rings. The maximum absolute atomic E-state index is 10.3. The minimum absolute atomic E-state index is 0.0860. The maximum atomic E-state index is 10.3. The van der Waals surface area contributed by atoms with E-state index in [1.165, 1.54) is 30.4 Å². The summed E-state index contributed by atoms with van der Waals surface area (Å²) < 4.78 is 0. The van der Waals surface area contributed by atoms with Gasteiger partial charge in [-0.15, -0.1) is 0 Å². The van der Waals surface area contributed by atoms with Crippen molar-refractivity contribution in [3.63, 3.8) is 0 Å². The van der Waals surface area contributed by atoms with Crippen LogP contribution in [0.4, 0.5) is 0 Å². The molecule has 0 heterocycles. The molecule has 2 nitrogen and oxygen atoms in total. The van der Waals surface area contributed by atoms with E-state index in [1.54, 1.807) is 0 Å². The minimum atomic E-state index is -0.0860. The molecular formula is C20H28O2. The lowest BCUT2D eigenvalue weighted by molar-refractivity contribution is 0.0154. The van der Waals surface area contributed by atoms with Crippen LogP contribution < -0.4 is 0 Å². The van der Waals surface area contributed by atoms with Crippen molar-refractivity contribution in [2.75, 3.05) is 0 Å². The van der Waals surface area contributed by atoms with Gasteiger partial charge >= 0.3 is 0 Å². The zero-order valence-electron chi connectivity index (χ0n) is 13.8. The molecule has 2 saturated carbocycles. The average molecular weight is 300 g/mol. The van der Waals surface area contributed by atoms with Crippen molar-refractivity contribution in [2.24, 2.45) is 23.2 Å². The molecule has 1 aromatic rings. The van der Waals surface area contributed by atoms with E-state index in [1.807, 2.05) is 12.1 Å². The van der Waals surface area contributed by atoms with Crippen LogP contribution in [0.3, 0.4) is 0 Å². The average Bonchev–Trinajstić information content (AvgIpc) is 2.83. The highest BCUT2D eigenvalue weighted by molar-refractivity contribution is 5.40.